The maximum absolute atomic E-state index is 5.20. The summed E-state index contributed by atoms with van der Waals surface area (Å²) in [5, 5.41) is 7.62. The van der Waals surface area contributed by atoms with E-state index in [-0.39, 0.29) is 0 Å². The quantitative estimate of drug-likeness (QED) is 0.172. The molecule has 0 atom stereocenters. The van der Waals surface area contributed by atoms with Crippen molar-refractivity contribution in [2.75, 3.05) is 0 Å². The van der Waals surface area contributed by atoms with Gasteiger partial charge in [0.25, 0.3) is 0 Å². The summed E-state index contributed by atoms with van der Waals surface area (Å²) in [4.78, 5) is 10.4. The summed E-state index contributed by atoms with van der Waals surface area (Å²) in [5.41, 5.74) is 15.1. The molecule has 10 aromatic rings. The lowest BCUT2D eigenvalue weighted by Crippen LogP contribution is -2.26. The second kappa shape index (κ2) is 11.4. The molecule has 0 unspecified atom stereocenters. The van der Waals surface area contributed by atoms with E-state index in [2.05, 4.69) is 182 Å². The van der Waals surface area contributed by atoms with Crippen LogP contribution in [0.25, 0.3) is 88.5 Å². The molecule has 2 heteroatoms. The van der Waals surface area contributed by atoms with Crippen LogP contribution in [0.1, 0.15) is 22.3 Å². The van der Waals surface area contributed by atoms with E-state index in [1.54, 1.807) is 0 Å². The van der Waals surface area contributed by atoms with Crippen LogP contribution >= 0.6 is 0 Å². The Labute approximate surface area is 319 Å². The van der Waals surface area contributed by atoms with Gasteiger partial charge in [-0.1, -0.05) is 182 Å². The van der Waals surface area contributed by atoms with E-state index in [4.69, 9.17) is 9.97 Å². The van der Waals surface area contributed by atoms with Gasteiger partial charge in [0, 0.05) is 16.7 Å². The van der Waals surface area contributed by atoms with E-state index < -0.39 is 5.41 Å². The molecule has 1 heterocycles. The summed E-state index contributed by atoms with van der Waals surface area (Å²) in [6.07, 6.45) is 0. The SMILES string of the molecule is c1ccc(-c2cc(-c3ccccc3)nc(-c3ccc4c5c(ccc4c3)-c3c(c4ccccc4c4ccccc34)C53c4ccccc4-c4ccccc43)n2)cc1. The molecule has 1 aromatic heterocycles. The number of fused-ring (bicyclic) bond motifs is 17. The van der Waals surface area contributed by atoms with E-state index in [0.29, 0.717) is 5.82 Å². The summed E-state index contributed by atoms with van der Waals surface area (Å²) >= 11 is 0. The molecule has 0 fully saturated rings. The zero-order chi connectivity index (χ0) is 36.1. The van der Waals surface area contributed by atoms with Crippen molar-refractivity contribution in [2.24, 2.45) is 0 Å². The van der Waals surface area contributed by atoms with E-state index in [1.807, 2.05) is 12.1 Å². The molecule has 55 heavy (non-hydrogen) atoms. The lowest BCUT2D eigenvalue weighted by Gasteiger charge is -2.32. The highest BCUT2D eigenvalue weighted by Gasteiger charge is 2.53. The van der Waals surface area contributed by atoms with Gasteiger partial charge >= 0.3 is 0 Å². The Morgan fingerprint density at radius 2 is 0.855 bits per heavy atom. The molecule has 254 valence electrons. The number of aromatic nitrogens is 2. The van der Waals surface area contributed by atoms with Gasteiger partial charge in [-0.3, -0.25) is 0 Å². The Morgan fingerprint density at radius 3 is 1.49 bits per heavy atom. The zero-order valence-corrected chi connectivity index (χ0v) is 29.9. The minimum absolute atomic E-state index is 0.507. The average molecular weight is 697 g/mol. The van der Waals surface area contributed by atoms with E-state index in [0.717, 1.165) is 28.1 Å². The molecule has 2 aliphatic carbocycles. The van der Waals surface area contributed by atoms with Gasteiger partial charge in [0.2, 0.25) is 0 Å². The van der Waals surface area contributed by atoms with Crippen molar-refractivity contribution in [1.82, 2.24) is 9.97 Å². The number of nitrogens with zero attached hydrogens (tertiary/aromatic N) is 2. The third-order valence-corrected chi connectivity index (χ3v) is 12.0. The normalized spacial score (nSPS) is 13.2. The largest absolute Gasteiger partial charge is 0.228 e. The maximum Gasteiger partial charge on any atom is 0.160 e. The molecule has 9 aromatic carbocycles. The van der Waals surface area contributed by atoms with Gasteiger partial charge in [-0.15, -0.1) is 0 Å². The van der Waals surface area contributed by atoms with Gasteiger partial charge in [-0.2, -0.15) is 0 Å². The van der Waals surface area contributed by atoms with Gasteiger partial charge in [0.05, 0.1) is 16.8 Å². The molecule has 0 amide bonds. The Hall–Kier alpha value is -7.16. The summed E-state index contributed by atoms with van der Waals surface area (Å²) in [6, 6.07) is 70.7. The zero-order valence-electron chi connectivity index (χ0n) is 29.9. The molecule has 12 rings (SSSR count). The van der Waals surface area contributed by atoms with Crippen LogP contribution in [-0.4, -0.2) is 9.97 Å². The van der Waals surface area contributed by atoms with Crippen LogP contribution in [0.4, 0.5) is 0 Å². The van der Waals surface area contributed by atoms with Crippen molar-refractivity contribution in [3.8, 4) is 56.2 Å². The molecular formula is C53H32N2. The van der Waals surface area contributed by atoms with Crippen molar-refractivity contribution >= 4 is 32.3 Å². The van der Waals surface area contributed by atoms with Crippen LogP contribution in [0.2, 0.25) is 0 Å². The molecule has 0 aliphatic heterocycles. The second-order valence-corrected chi connectivity index (χ2v) is 14.8. The van der Waals surface area contributed by atoms with Crippen LogP contribution in [-0.2, 0) is 5.41 Å². The maximum atomic E-state index is 5.20. The molecular weight excluding hydrogens is 665 g/mol. The molecule has 0 N–H and O–H groups in total. The fourth-order valence-corrected chi connectivity index (χ4v) is 9.88. The standard InChI is InChI=1S/C53H32N2/c1-3-15-33(16-4-1)47-32-48(34-17-5-2-6-18-34)55-52(54-47)36-28-29-37-35(31-36)27-30-44-49-42-23-9-7-19-38(42)39-20-8-10-24-43(39)51(49)53(50(37)44)45-25-13-11-21-40(45)41-22-12-14-26-46(41)53/h1-32H. The van der Waals surface area contributed by atoms with Crippen molar-refractivity contribution < 1.29 is 0 Å². The fraction of sp³-hybridized carbons (Fsp3) is 0.0189. The average Bonchev–Trinajstić information content (AvgIpc) is 3.75. The highest BCUT2D eigenvalue weighted by molar-refractivity contribution is 6.21. The summed E-state index contributed by atoms with van der Waals surface area (Å²) in [6.45, 7) is 0. The minimum Gasteiger partial charge on any atom is -0.228 e. The minimum atomic E-state index is -0.507. The van der Waals surface area contributed by atoms with E-state index >= 15 is 0 Å². The summed E-state index contributed by atoms with van der Waals surface area (Å²) in [5.74, 6) is 0.717. The number of benzene rings is 9. The fourth-order valence-electron chi connectivity index (χ4n) is 9.88. The second-order valence-electron chi connectivity index (χ2n) is 14.8. The van der Waals surface area contributed by atoms with Crippen LogP contribution in [0.3, 0.4) is 0 Å². The van der Waals surface area contributed by atoms with Crippen molar-refractivity contribution in [3.63, 3.8) is 0 Å². The van der Waals surface area contributed by atoms with E-state index in [1.165, 1.54) is 76.8 Å². The topological polar surface area (TPSA) is 25.8 Å². The first-order chi connectivity index (χ1) is 27.3. The van der Waals surface area contributed by atoms with E-state index in [9.17, 15) is 0 Å². The van der Waals surface area contributed by atoms with Crippen molar-refractivity contribution in [3.05, 3.63) is 216 Å². The predicted molar refractivity (Wildman–Crippen MR) is 227 cm³/mol. The van der Waals surface area contributed by atoms with Gasteiger partial charge in [-0.05, 0) is 89.0 Å². The third-order valence-electron chi connectivity index (χ3n) is 12.0. The Balaban J connectivity index is 1.18. The molecule has 0 radical (unpaired) electrons. The molecule has 1 spiro atoms. The Morgan fingerprint density at radius 1 is 0.327 bits per heavy atom. The molecule has 2 nitrogen and oxygen atoms in total. The highest BCUT2D eigenvalue weighted by atomic mass is 14.9. The molecule has 2 aliphatic rings. The van der Waals surface area contributed by atoms with Gasteiger partial charge in [0.15, 0.2) is 5.82 Å². The van der Waals surface area contributed by atoms with Crippen molar-refractivity contribution in [2.45, 2.75) is 5.41 Å². The first kappa shape index (κ1) is 30.3. The number of hydrogen-bond acceptors (Lipinski definition) is 2. The van der Waals surface area contributed by atoms with Gasteiger partial charge in [-0.25, -0.2) is 9.97 Å². The summed E-state index contributed by atoms with van der Waals surface area (Å²) < 4.78 is 0. The molecule has 0 saturated carbocycles. The highest BCUT2D eigenvalue weighted by Crippen LogP contribution is 2.66. The first-order valence-corrected chi connectivity index (χ1v) is 19.0. The smallest absolute Gasteiger partial charge is 0.160 e. The molecule has 0 saturated heterocycles. The van der Waals surface area contributed by atoms with Crippen LogP contribution in [0.15, 0.2) is 194 Å². The number of hydrogen-bond donors (Lipinski definition) is 0. The Bertz CT molecular complexity index is 3100. The van der Waals surface area contributed by atoms with Crippen LogP contribution < -0.4 is 0 Å². The van der Waals surface area contributed by atoms with Crippen LogP contribution in [0, 0.1) is 0 Å². The van der Waals surface area contributed by atoms with Gasteiger partial charge < -0.3 is 0 Å². The van der Waals surface area contributed by atoms with Crippen molar-refractivity contribution in [1.29, 1.82) is 0 Å². The van der Waals surface area contributed by atoms with Gasteiger partial charge in [0.1, 0.15) is 0 Å². The first-order valence-electron chi connectivity index (χ1n) is 19.0. The third kappa shape index (κ3) is 4.14. The lowest BCUT2D eigenvalue weighted by molar-refractivity contribution is 0.809. The Kier molecular flexibility index (Phi) is 6.29. The monoisotopic (exact) mass is 696 g/mol. The lowest BCUT2D eigenvalue weighted by atomic mass is 9.68. The number of rotatable bonds is 3. The summed E-state index contributed by atoms with van der Waals surface area (Å²) in [7, 11) is 0. The van der Waals surface area contributed by atoms with Crippen LogP contribution in [0.5, 0.6) is 0 Å². The molecule has 0 bridgehead atoms. The predicted octanol–water partition coefficient (Wildman–Crippen LogP) is 13.3.